The number of amides is 1. The fourth-order valence-corrected chi connectivity index (χ4v) is 1.65. The number of aliphatic hydroxyl groups excluding tert-OH is 1. The highest BCUT2D eigenvalue weighted by molar-refractivity contribution is 5.91. The highest BCUT2D eigenvalue weighted by atomic mass is 16.3. The molecule has 2 N–H and O–H groups in total. The first kappa shape index (κ1) is 11.9. The van der Waals surface area contributed by atoms with Crippen molar-refractivity contribution in [2.45, 2.75) is 18.9 Å². The Morgan fingerprint density at radius 3 is 2.76 bits per heavy atom. The van der Waals surface area contributed by atoms with Crippen molar-refractivity contribution in [2.24, 2.45) is 5.92 Å². The van der Waals surface area contributed by atoms with Gasteiger partial charge in [-0.2, -0.15) is 0 Å². The molecule has 1 aliphatic rings. The van der Waals surface area contributed by atoms with Crippen LogP contribution in [0.3, 0.4) is 0 Å². The highest BCUT2D eigenvalue weighted by Gasteiger charge is 2.29. The third-order valence-corrected chi connectivity index (χ3v) is 2.88. The van der Waals surface area contributed by atoms with E-state index in [9.17, 15) is 9.90 Å². The van der Waals surface area contributed by atoms with Gasteiger partial charge >= 0.3 is 0 Å². The minimum absolute atomic E-state index is 0.159. The van der Waals surface area contributed by atoms with Crippen molar-refractivity contribution in [3.8, 4) is 0 Å². The van der Waals surface area contributed by atoms with Crippen LogP contribution < -0.4 is 5.32 Å². The maximum absolute atomic E-state index is 11.5. The van der Waals surface area contributed by atoms with Gasteiger partial charge in [-0.1, -0.05) is 30.3 Å². The molecule has 0 heterocycles. The normalized spacial score (nSPS) is 17.0. The van der Waals surface area contributed by atoms with E-state index in [1.165, 1.54) is 6.08 Å². The molecule has 0 aromatic heterocycles. The Morgan fingerprint density at radius 2 is 2.12 bits per heavy atom. The summed E-state index contributed by atoms with van der Waals surface area (Å²) in [6.45, 7) is 0.350. The number of hydrogen-bond acceptors (Lipinski definition) is 2. The first-order chi connectivity index (χ1) is 8.25. The Kier molecular flexibility index (Phi) is 3.94. The van der Waals surface area contributed by atoms with E-state index >= 15 is 0 Å². The molecule has 3 heteroatoms. The van der Waals surface area contributed by atoms with Crippen molar-refractivity contribution in [3.63, 3.8) is 0 Å². The van der Waals surface area contributed by atoms with E-state index in [2.05, 4.69) is 5.32 Å². The van der Waals surface area contributed by atoms with Crippen molar-refractivity contribution in [3.05, 3.63) is 42.0 Å². The van der Waals surface area contributed by atoms with Crippen LogP contribution in [0.25, 0.3) is 6.08 Å². The van der Waals surface area contributed by atoms with Crippen molar-refractivity contribution in [1.29, 1.82) is 0 Å². The van der Waals surface area contributed by atoms with Gasteiger partial charge in [0.15, 0.2) is 0 Å². The first-order valence-electron chi connectivity index (χ1n) is 5.95. The van der Waals surface area contributed by atoms with Crippen LogP contribution in [0, 0.1) is 5.92 Å². The Bertz CT molecular complexity index is 396. The van der Waals surface area contributed by atoms with Crippen LogP contribution in [0.1, 0.15) is 18.4 Å². The second kappa shape index (κ2) is 5.64. The summed E-state index contributed by atoms with van der Waals surface area (Å²) in [4.78, 5) is 11.5. The maximum Gasteiger partial charge on any atom is 0.244 e. The smallest absolute Gasteiger partial charge is 0.244 e. The molecule has 3 nitrogen and oxygen atoms in total. The Labute approximate surface area is 101 Å². The Morgan fingerprint density at radius 1 is 1.41 bits per heavy atom. The molecule has 1 aromatic rings. The van der Waals surface area contributed by atoms with Gasteiger partial charge in [0.25, 0.3) is 0 Å². The van der Waals surface area contributed by atoms with E-state index in [1.807, 2.05) is 30.3 Å². The number of hydrogen-bond donors (Lipinski definition) is 2. The average Bonchev–Trinajstić information content (AvgIpc) is 3.19. The second-order valence-corrected chi connectivity index (χ2v) is 4.39. The predicted octanol–water partition coefficient (Wildman–Crippen LogP) is 1.59. The van der Waals surface area contributed by atoms with Gasteiger partial charge in [-0.3, -0.25) is 4.79 Å². The van der Waals surface area contributed by atoms with E-state index in [0.717, 1.165) is 18.4 Å². The lowest BCUT2D eigenvalue weighted by Crippen LogP contribution is -2.31. The fraction of sp³-hybridized carbons (Fsp3) is 0.357. The lowest BCUT2D eigenvalue weighted by molar-refractivity contribution is -0.116. The van der Waals surface area contributed by atoms with Gasteiger partial charge in [0.2, 0.25) is 5.91 Å². The van der Waals surface area contributed by atoms with Crippen LogP contribution in [0.4, 0.5) is 0 Å². The molecule has 1 aliphatic carbocycles. The van der Waals surface area contributed by atoms with E-state index in [-0.39, 0.29) is 12.0 Å². The van der Waals surface area contributed by atoms with Gasteiger partial charge < -0.3 is 10.4 Å². The van der Waals surface area contributed by atoms with Gasteiger partial charge in [0, 0.05) is 12.6 Å². The van der Waals surface area contributed by atoms with Gasteiger partial charge in [-0.05, 0) is 30.4 Å². The van der Waals surface area contributed by atoms with Crippen LogP contribution in [0.5, 0.6) is 0 Å². The minimum atomic E-state index is -0.385. The van der Waals surface area contributed by atoms with Crippen molar-refractivity contribution >= 4 is 12.0 Å². The zero-order chi connectivity index (χ0) is 12.1. The third-order valence-electron chi connectivity index (χ3n) is 2.88. The molecule has 1 unspecified atom stereocenters. The summed E-state index contributed by atoms with van der Waals surface area (Å²) in [5, 5.41) is 12.3. The molecule has 1 atom stereocenters. The van der Waals surface area contributed by atoms with Crippen molar-refractivity contribution in [2.75, 3.05) is 6.54 Å². The van der Waals surface area contributed by atoms with Crippen LogP contribution >= 0.6 is 0 Å². The van der Waals surface area contributed by atoms with Crippen molar-refractivity contribution < 1.29 is 9.90 Å². The van der Waals surface area contributed by atoms with Gasteiger partial charge in [0.1, 0.15) is 0 Å². The van der Waals surface area contributed by atoms with Gasteiger partial charge in [-0.15, -0.1) is 0 Å². The van der Waals surface area contributed by atoms with E-state index in [0.29, 0.717) is 12.5 Å². The Hall–Kier alpha value is -1.61. The molecule has 1 aromatic carbocycles. The van der Waals surface area contributed by atoms with E-state index in [1.54, 1.807) is 6.08 Å². The van der Waals surface area contributed by atoms with Crippen LogP contribution in [-0.2, 0) is 4.79 Å². The van der Waals surface area contributed by atoms with Crippen LogP contribution in [0.2, 0.25) is 0 Å². The number of benzene rings is 1. The highest BCUT2D eigenvalue weighted by Crippen LogP contribution is 2.32. The summed E-state index contributed by atoms with van der Waals surface area (Å²) in [6, 6.07) is 9.65. The first-order valence-corrected chi connectivity index (χ1v) is 5.95. The summed E-state index contributed by atoms with van der Waals surface area (Å²) < 4.78 is 0. The zero-order valence-electron chi connectivity index (χ0n) is 9.67. The molecule has 0 bridgehead atoms. The standard InChI is InChI=1S/C14H17NO2/c16-13(12-7-8-12)10-15-14(17)9-6-11-4-2-1-3-5-11/h1-6,9,12-13,16H,7-8,10H2,(H,15,17). The molecule has 2 rings (SSSR count). The quantitative estimate of drug-likeness (QED) is 0.756. The monoisotopic (exact) mass is 231 g/mol. The minimum Gasteiger partial charge on any atom is -0.391 e. The summed E-state index contributed by atoms with van der Waals surface area (Å²) in [5.74, 6) is 0.238. The molecule has 90 valence electrons. The maximum atomic E-state index is 11.5. The molecule has 1 saturated carbocycles. The Balaban J connectivity index is 1.75. The predicted molar refractivity (Wildman–Crippen MR) is 67.2 cm³/mol. The number of nitrogens with one attached hydrogen (secondary N) is 1. The molecule has 1 fully saturated rings. The fourth-order valence-electron chi connectivity index (χ4n) is 1.65. The molecule has 0 spiro atoms. The van der Waals surface area contributed by atoms with Gasteiger partial charge in [-0.25, -0.2) is 0 Å². The number of carbonyl (C=O) groups is 1. The SMILES string of the molecule is O=C(C=Cc1ccccc1)NCC(O)C1CC1. The number of rotatable bonds is 5. The van der Waals surface area contributed by atoms with Gasteiger partial charge in [0.05, 0.1) is 6.10 Å². The summed E-state index contributed by atoms with van der Waals surface area (Å²) in [7, 11) is 0. The lowest BCUT2D eigenvalue weighted by Gasteiger charge is -2.08. The molecular weight excluding hydrogens is 214 g/mol. The number of aliphatic hydroxyl groups is 1. The average molecular weight is 231 g/mol. The zero-order valence-corrected chi connectivity index (χ0v) is 9.67. The largest absolute Gasteiger partial charge is 0.391 e. The molecule has 0 aliphatic heterocycles. The molecule has 1 amide bonds. The summed E-state index contributed by atoms with van der Waals surface area (Å²) in [6.07, 6.45) is 5.03. The topological polar surface area (TPSA) is 49.3 Å². The summed E-state index contributed by atoms with van der Waals surface area (Å²) >= 11 is 0. The van der Waals surface area contributed by atoms with Crippen LogP contribution in [-0.4, -0.2) is 23.7 Å². The molecule has 0 radical (unpaired) electrons. The summed E-state index contributed by atoms with van der Waals surface area (Å²) in [5.41, 5.74) is 0.991. The second-order valence-electron chi connectivity index (χ2n) is 4.39. The molecule has 17 heavy (non-hydrogen) atoms. The molecule has 0 saturated heterocycles. The van der Waals surface area contributed by atoms with Crippen LogP contribution in [0.15, 0.2) is 36.4 Å². The third kappa shape index (κ3) is 4.04. The lowest BCUT2D eigenvalue weighted by atomic mass is 10.2. The van der Waals surface area contributed by atoms with E-state index < -0.39 is 0 Å². The number of carbonyl (C=O) groups excluding carboxylic acids is 1. The van der Waals surface area contributed by atoms with E-state index in [4.69, 9.17) is 0 Å². The van der Waals surface area contributed by atoms with Crippen molar-refractivity contribution in [1.82, 2.24) is 5.32 Å². The molecular formula is C14H17NO2.